The Labute approximate surface area is 109 Å². The standard InChI is InChI=1S/C15H24O3/c1-10(2)6-5-7-15(4,18)12-9-13(16)11(3)8-14(12)17/h6,8,12-13,16,18H,5,7,9H2,1-4H3/t12-,13-,15+/m1/s1. The van der Waals surface area contributed by atoms with E-state index in [9.17, 15) is 15.0 Å². The fraction of sp³-hybridized carbons (Fsp3) is 0.667. The first kappa shape index (κ1) is 15.1. The van der Waals surface area contributed by atoms with Gasteiger partial charge in [-0.1, -0.05) is 11.6 Å². The normalized spacial score (nSPS) is 27.4. The third-order valence-corrected chi connectivity index (χ3v) is 3.65. The highest BCUT2D eigenvalue weighted by Gasteiger charge is 2.39. The van der Waals surface area contributed by atoms with Gasteiger partial charge < -0.3 is 10.2 Å². The minimum Gasteiger partial charge on any atom is -0.389 e. The minimum absolute atomic E-state index is 0.0694. The van der Waals surface area contributed by atoms with Crippen molar-refractivity contribution in [2.75, 3.05) is 0 Å². The van der Waals surface area contributed by atoms with Crippen LogP contribution in [0.15, 0.2) is 23.3 Å². The van der Waals surface area contributed by atoms with Crippen LogP contribution in [0.25, 0.3) is 0 Å². The summed E-state index contributed by atoms with van der Waals surface area (Å²) >= 11 is 0. The van der Waals surface area contributed by atoms with Crippen molar-refractivity contribution >= 4 is 5.78 Å². The molecule has 0 amide bonds. The molecule has 0 unspecified atom stereocenters. The smallest absolute Gasteiger partial charge is 0.161 e. The van der Waals surface area contributed by atoms with Gasteiger partial charge in [-0.25, -0.2) is 0 Å². The Morgan fingerprint density at radius 2 is 2.17 bits per heavy atom. The van der Waals surface area contributed by atoms with Crippen LogP contribution in [0.2, 0.25) is 0 Å². The molecule has 0 fully saturated rings. The fourth-order valence-corrected chi connectivity index (χ4v) is 2.33. The van der Waals surface area contributed by atoms with Gasteiger partial charge in [0.15, 0.2) is 5.78 Å². The average molecular weight is 252 g/mol. The van der Waals surface area contributed by atoms with E-state index in [1.165, 1.54) is 11.6 Å². The van der Waals surface area contributed by atoms with Gasteiger partial charge in [0.25, 0.3) is 0 Å². The van der Waals surface area contributed by atoms with E-state index in [-0.39, 0.29) is 5.78 Å². The van der Waals surface area contributed by atoms with Crippen molar-refractivity contribution in [3.63, 3.8) is 0 Å². The number of hydrogen-bond acceptors (Lipinski definition) is 3. The maximum absolute atomic E-state index is 11.9. The number of allylic oxidation sites excluding steroid dienone is 3. The van der Waals surface area contributed by atoms with Gasteiger partial charge >= 0.3 is 0 Å². The van der Waals surface area contributed by atoms with Crippen LogP contribution in [0.3, 0.4) is 0 Å². The molecule has 0 spiro atoms. The Balaban J connectivity index is 2.73. The van der Waals surface area contributed by atoms with Crippen LogP contribution >= 0.6 is 0 Å². The monoisotopic (exact) mass is 252 g/mol. The molecule has 0 aromatic rings. The molecular formula is C15H24O3. The summed E-state index contributed by atoms with van der Waals surface area (Å²) in [6.45, 7) is 7.46. The number of carbonyl (C=O) groups is 1. The summed E-state index contributed by atoms with van der Waals surface area (Å²) in [5, 5.41) is 20.2. The van der Waals surface area contributed by atoms with Crippen LogP contribution in [-0.2, 0) is 4.79 Å². The van der Waals surface area contributed by atoms with Gasteiger partial charge in [0.1, 0.15) is 0 Å². The second kappa shape index (κ2) is 5.81. The van der Waals surface area contributed by atoms with E-state index in [1.807, 2.05) is 13.8 Å². The Morgan fingerprint density at radius 3 is 2.72 bits per heavy atom. The average Bonchev–Trinajstić information content (AvgIpc) is 2.22. The van der Waals surface area contributed by atoms with E-state index in [2.05, 4.69) is 6.08 Å². The van der Waals surface area contributed by atoms with E-state index in [0.717, 1.165) is 6.42 Å². The minimum atomic E-state index is -1.05. The molecule has 18 heavy (non-hydrogen) atoms. The first-order valence-electron chi connectivity index (χ1n) is 6.50. The predicted molar refractivity (Wildman–Crippen MR) is 72.2 cm³/mol. The molecule has 2 N–H and O–H groups in total. The van der Waals surface area contributed by atoms with Crippen molar-refractivity contribution in [2.45, 2.75) is 58.7 Å². The highest BCUT2D eigenvalue weighted by Crippen LogP contribution is 2.33. The van der Waals surface area contributed by atoms with Crippen LogP contribution < -0.4 is 0 Å². The molecule has 1 aliphatic rings. The number of ketones is 1. The van der Waals surface area contributed by atoms with Crippen LogP contribution in [0.5, 0.6) is 0 Å². The van der Waals surface area contributed by atoms with Crippen molar-refractivity contribution < 1.29 is 15.0 Å². The number of aliphatic hydroxyl groups is 2. The third-order valence-electron chi connectivity index (χ3n) is 3.65. The molecule has 0 aromatic carbocycles. The Hall–Kier alpha value is -0.930. The highest BCUT2D eigenvalue weighted by molar-refractivity contribution is 5.94. The molecule has 1 rings (SSSR count). The first-order valence-corrected chi connectivity index (χ1v) is 6.50. The third kappa shape index (κ3) is 3.79. The first-order chi connectivity index (χ1) is 8.24. The summed E-state index contributed by atoms with van der Waals surface area (Å²) in [7, 11) is 0. The van der Waals surface area contributed by atoms with Gasteiger partial charge in [-0.3, -0.25) is 4.79 Å². The highest BCUT2D eigenvalue weighted by atomic mass is 16.3. The van der Waals surface area contributed by atoms with Crippen LogP contribution in [0.4, 0.5) is 0 Å². The molecule has 0 radical (unpaired) electrons. The molecule has 102 valence electrons. The van der Waals surface area contributed by atoms with E-state index in [0.29, 0.717) is 18.4 Å². The number of hydrogen-bond donors (Lipinski definition) is 2. The number of carbonyl (C=O) groups excluding carboxylic acids is 1. The lowest BCUT2D eigenvalue weighted by Crippen LogP contribution is -2.43. The molecule has 0 saturated heterocycles. The van der Waals surface area contributed by atoms with Crippen molar-refractivity contribution in [3.8, 4) is 0 Å². The molecule has 0 aromatic heterocycles. The number of aliphatic hydroxyl groups excluding tert-OH is 1. The summed E-state index contributed by atoms with van der Waals surface area (Å²) in [4.78, 5) is 11.9. The molecule has 0 heterocycles. The zero-order chi connectivity index (χ0) is 13.9. The molecule has 3 heteroatoms. The van der Waals surface area contributed by atoms with E-state index in [4.69, 9.17) is 0 Å². The Bertz CT molecular complexity index is 373. The van der Waals surface area contributed by atoms with Gasteiger partial charge in [-0.15, -0.1) is 0 Å². The van der Waals surface area contributed by atoms with Crippen LogP contribution in [-0.4, -0.2) is 27.7 Å². The molecule has 0 aliphatic heterocycles. The molecule has 1 aliphatic carbocycles. The Morgan fingerprint density at radius 1 is 1.56 bits per heavy atom. The topological polar surface area (TPSA) is 57.5 Å². The Kier molecular flexibility index (Phi) is 4.88. The second-order valence-electron chi connectivity index (χ2n) is 5.77. The quantitative estimate of drug-likeness (QED) is 0.755. The van der Waals surface area contributed by atoms with Gasteiger partial charge in [0.05, 0.1) is 17.6 Å². The summed E-state index contributed by atoms with van der Waals surface area (Å²) in [6, 6.07) is 0. The number of rotatable bonds is 4. The molecule has 3 atom stereocenters. The molecule has 3 nitrogen and oxygen atoms in total. The van der Waals surface area contributed by atoms with Crippen molar-refractivity contribution in [2.24, 2.45) is 5.92 Å². The zero-order valence-corrected chi connectivity index (χ0v) is 11.7. The summed E-state index contributed by atoms with van der Waals surface area (Å²) in [5.74, 6) is -0.568. The van der Waals surface area contributed by atoms with E-state index < -0.39 is 17.6 Å². The van der Waals surface area contributed by atoms with Gasteiger partial charge in [0.2, 0.25) is 0 Å². The predicted octanol–water partition coefficient (Wildman–Crippen LogP) is 2.38. The maximum Gasteiger partial charge on any atom is 0.161 e. The molecular weight excluding hydrogens is 228 g/mol. The maximum atomic E-state index is 11.9. The summed E-state index contributed by atoms with van der Waals surface area (Å²) in [5.41, 5.74) is 0.842. The lowest BCUT2D eigenvalue weighted by molar-refractivity contribution is -0.130. The lowest BCUT2D eigenvalue weighted by atomic mass is 9.75. The van der Waals surface area contributed by atoms with Gasteiger partial charge in [0, 0.05) is 0 Å². The van der Waals surface area contributed by atoms with Crippen LogP contribution in [0.1, 0.15) is 47.0 Å². The fourth-order valence-electron chi connectivity index (χ4n) is 2.33. The van der Waals surface area contributed by atoms with Gasteiger partial charge in [-0.2, -0.15) is 0 Å². The van der Waals surface area contributed by atoms with E-state index >= 15 is 0 Å². The molecule has 0 saturated carbocycles. The molecule has 0 bridgehead atoms. The SMILES string of the molecule is CC(C)=CCC[C@](C)(O)[C@@H]1C[C@@H](O)C(C)=CC1=O. The second-order valence-corrected chi connectivity index (χ2v) is 5.77. The van der Waals surface area contributed by atoms with E-state index in [1.54, 1.807) is 13.8 Å². The summed E-state index contributed by atoms with van der Waals surface area (Å²) < 4.78 is 0. The lowest BCUT2D eigenvalue weighted by Gasteiger charge is -2.35. The van der Waals surface area contributed by atoms with Gasteiger partial charge in [-0.05, 0) is 58.6 Å². The van der Waals surface area contributed by atoms with Crippen molar-refractivity contribution in [3.05, 3.63) is 23.3 Å². The van der Waals surface area contributed by atoms with Crippen LogP contribution in [0, 0.1) is 5.92 Å². The zero-order valence-electron chi connectivity index (χ0n) is 11.7. The summed E-state index contributed by atoms with van der Waals surface area (Å²) in [6.07, 6.45) is 4.52. The van der Waals surface area contributed by atoms with Crippen molar-refractivity contribution in [1.82, 2.24) is 0 Å². The van der Waals surface area contributed by atoms with Crippen molar-refractivity contribution in [1.29, 1.82) is 0 Å². The largest absolute Gasteiger partial charge is 0.389 e.